The van der Waals surface area contributed by atoms with Crippen LogP contribution < -0.4 is 9.62 Å². The number of pyridine rings is 1. The minimum absolute atomic E-state index is 0.196. The third-order valence-corrected chi connectivity index (χ3v) is 6.23. The molecule has 0 saturated carbocycles. The maximum atomic E-state index is 14.0. The Morgan fingerprint density at radius 1 is 0.912 bits per heavy atom. The number of hydrogen-bond acceptors (Lipinski definition) is 4. The van der Waals surface area contributed by atoms with Gasteiger partial charge in [-0.1, -0.05) is 36.4 Å². The fourth-order valence-electron chi connectivity index (χ4n) is 3.49. The number of carbonyl (C=O) groups is 1. The number of amides is 1. The molecule has 4 nitrogen and oxygen atoms in total. The van der Waals surface area contributed by atoms with Crippen LogP contribution in [0.15, 0.2) is 96.0 Å². The lowest BCUT2D eigenvalue weighted by atomic mass is 10.0. The molecule has 7 heteroatoms. The molecular formula is C27H23F2N3OS. The van der Waals surface area contributed by atoms with Crippen molar-refractivity contribution in [3.05, 3.63) is 125 Å². The molecule has 0 spiro atoms. The zero-order chi connectivity index (χ0) is 23.9. The Balaban J connectivity index is 1.39. The number of anilines is 1. The monoisotopic (exact) mass is 475 g/mol. The normalized spacial score (nSPS) is 10.7. The number of hydrogen-bond donors (Lipinski definition) is 1. The van der Waals surface area contributed by atoms with E-state index in [4.69, 9.17) is 0 Å². The number of aromatic nitrogens is 1. The second kappa shape index (κ2) is 10.9. The molecule has 4 rings (SSSR count). The summed E-state index contributed by atoms with van der Waals surface area (Å²) >= 11 is 1.51. The maximum absolute atomic E-state index is 14.0. The minimum atomic E-state index is -0.457. The largest absolute Gasteiger partial charge is 0.348 e. The molecule has 0 unspecified atom stereocenters. The Morgan fingerprint density at radius 3 is 2.35 bits per heavy atom. The molecule has 0 aliphatic rings. The smallest absolute Gasteiger partial charge is 0.251 e. The molecule has 0 aliphatic heterocycles. The molecule has 0 atom stereocenters. The highest BCUT2D eigenvalue weighted by atomic mass is 32.2. The molecule has 1 aromatic heterocycles. The van der Waals surface area contributed by atoms with Crippen molar-refractivity contribution >= 4 is 23.5 Å². The van der Waals surface area contributed by atoms with Crippen molar-refractivity contribution in [3.8, 4) is 0 Å². The summed E-state index contributed by atoms with van der Waals surface area (Å²) in [5.41, 5.74) is 3.87. The quantitative estimate of drug-likeness (QED) is 0.250. The molecule has 172 valence electrons. The van der Waals surface area contributed by atoms with Crippen molar-refractivity contribution in [2.45, 2.75) is 17.9 Å². The molecule has 0 radical (unpaired) electrons. The highest BCUT2D eigenvalue weighted by molar-refractivity contribution is 8.00. The highest BCUT2D eigenvalue weighted by Crippen LogP contribution is 2.31. The number of nitrogens with zero attached hydrogens (tertiary/aromatic N) is 2. The van der Waals surface area contributed by atoms with Crippen molar-refractivity contribution in [1.82, 2.24) is 10.3 Å². The summed E-state index contributed by atoms with van der Waals surface area (Å²) in [5, 5.41) is 2.84. The summed E-state index contributed by atoms with van der Waals surface area (Å²) in [7, 11) is 1.95. The van der Waals surface area contributed by atoms with Gasteiger partial charge in [0, 0.05) is 42.2 Å². The van der Waals surface area contributed by atoms with Gasteiger partial charge in [-0.15, -0.1) is 0 Å². The Hall–Kier alpha value is -3.71. The van der Waals surface area contributed by atoms with Crippen molar-refractivity contribution in [2.24, 2.45) is 0 Å². The highest BCUT2D eigenvalue weighted by Gasteiger charge is 2.12. The summed E-state index contributed by atoms with van der Waals surface area (Å²) in [6.45, 7) is 0.326. The van der Waals surface area contributed by atoms with E-state index in [0.29, 0.717) is 24.1 Å². The van der Waals surface area contributed by atoms with E-state index in [1.165, 1.54) is 30.3 Å². The van der Waals surface area contributed by atoms with Crippen molar-refractivity contribution in [3.63, 3.8) is 0 Å². The number of benzene rings is 3. The van der Waals surface area contributed by atoms with Gasteiger partial charge in [-0.05, 0) is 71.6 Å². The first kappa shape index (κ1) is 23.4. The lowest BCUT2D eigenvalue weighted by Crippen LogP contribution is -2.22. The molecule has 1 amide bonds. The predicted octanol–water partition coefficient (Wildman–Crippen LogP) is 6.02. The van der Waals surface area contributed by atoms with Crippen molar-refractivity contribution in [2.75, 3.05) is 11.4 Å². The molecule has 0 fully saturated rings. The Bertz CT molecular complexity index is 1260. The first-order valence-corrected chi connectivity index (χ1v) is 11.5. The van der Waals surface area contributed by atoms with Crippen LogP contribution in [-0.2, 0) is 13.0 Å². The van der Waals surface area contributed by atoms with Crippen LogP contribution in [0.1, 0.15) is 27.0 Å². The van der Waals surface area contributed by atoms with E-state index in [-0.39, 0.29) is 11.7 Å². The zero-order valence-electron chi connectivity index (χ0n) is 18.5. The molecule has 34 heavy (non-hydrogen) atoms. The van der Waals surface area contributed by atoms with E-state index < -0.39 is 5.95 Å². The third-order valence-electron chi connectivity index (χ3n) is 5.27. The summed E-state index contributed by atoms with van der Waals surface area (Å²) in [6, 6.07) is 24.7. The van der Waals surface area contributed by atoms with Crippen LogP contribution in [0.25, 0.3) is 0 Å². The summed E-state index contributed by atoms with van der Waals surface area (Å²) < 4.78 is 29.1. The molecule has 1 heterocycles. The summed E-state index contributed by atoms with van der Waals surface area (Å²) in [5.74, 6) is -0.959. The van der Waals surface area contributed by atoms with Crippen LogP contribution in [0.2, 0.25) is 0 Å². The number of para-hydroxylation sites is 1. The van der Waals surface area contributed by atoms with Gasteiger partial charge in [-0.3, -0.25) is 4.79 Å². The van der Waals surface area contributed by atoms with Crippen LogP contribution in [0, 0.1) is 11.8 Å². The molecular weight excluding hydrogens is 452 g/mol. The zero-order valence-corrected chi connectivity index (χ0v) is 19.4. The average Bonchev–Trinajstić information content (AvgIpc) is 2.85. The maximum Gasteiger partial charge on any atom is 0.251 e. The van der Waals surface area contributed by atoms with E-state index in [2.05, 4.69) is 10.3 Å². The van der Waals surface area contributed by atoms with Crippen LogP contribution >= 0.6 is 11.9 Å². The van der Waals surface area contributed by atoms with Gasteiger partial charge >= 0.3 is 0 Å². The first-order chi connectivity index (χ1) is 16.5. The molecule has 0 bridgehead atoms. The second-order valence-electron chi connectivity index (χ2n) is 7.68. The van der Waals surface area contributed by atoms with Crippen molar-refractivity contribution in [1.29, 1.82) is 0 Å². The lowest BCUT2D eigenvalue weighted by Gasteiger charge is -2.21. The van der Waals surface area contributed by atoms with Crippen LogP contribution in [0.5, 0.6) is 0 Å². The summed E-state index contributed by atoms with van der Waals surface area (Å²) in [4.78, 5) is 17.1. The van der Waals surface area contributed by atoms with E-state index in [9.17, 15) is 13.6 Å². The third kappa shape index (κ3) is 5.99. The van der Waals surface area contributed by atoms with Crippen LogP contribution in [0.4, 0.5) is 14.5 Å². The lowest BCUT2D eigenvalue weighted by molar-refractivity contribution is 0.0951. The van der Waals surface area contributed by atoms with Gasteiger partial charge < -0.3 is 9.62 Å². The van der Waals surface area contributed by atoms with Gasteiger partial charge in [-0.25, -0.2) is 9.37 Å². The Labute approximate surface area is 201 Å². The Kier molecular flexibility index (Phi) is 7.54. The molecule has 4 aromatic rings. The summed E-state index contributed by atoms with van der Waals surface area (Å²) in [6.07, 6.45) is 1.88. The van der Waals surface area contributed by atoms with E-state index in [1.807, 2.05) is 47.8 Å². The fourth-order valence-corrected chi connectivity index (χ4v) is 4.34. The van der Waals surface area contributed by atoms with E-state index in [0.717, 1.165) is 21.7 Å². The SMILES string of the molecule is CN(Sc1ccc(C(=O)NCc2ccc(F)cc2)cc1)c1ccccc1Cc1cccnc1F. The Morgan fingerprint density at radius 2 is 1.62 bits per heavy atom. The van der Waals surface area contributed by atoms with Gasteiger partial charge in [0.1, 0.15) is 5.82 Å². The molecule has 0 saturated heterocycles. The topological polar surface area (TPSA) is 45.2 Å². The number of rotatable bonds is 8. The van der Waals surface area contributed by atoms with Gasteiger partial charge in [0.25, 0.3) is 5.91 Å². The number of carbonyl (C=O) groups excluding carboxylic acids is 1. The van der Waals surface area contributed by atoms with Crippen LogP contribution in [0.3, 0.4) is 0 Å². The van der Waals surface area contributed by atoms with Gasteiger partial charge in [-0.2, -0.15) is 4.39 Å². The molecule has 0 aliphatic carbocycles. The van der Waals surface area contributed by atoms with Crippen molar-refractivity contribution < 1.29 is 13.6 Å². The second-order valence-corrected chi connectivity index (χ2v) is 8.88. The first-order valence-electron chi connectivity index (χ1n) is 10.7. The average molecular weight is 476 g/mol. The molecule has 1 N–H and O–H groups in total. The van der Waals surface area contributed by atoms with Gasteiger partial charge in [0.2, 0.25) is 5.95 Å². The van der Waals surface area contributed by atoms with Gasteiger partial charge in [0.05, 0.1) is 5.69 Å². The van der Waals surface area contributed by atoms with E-state index >= 15 is 0 Å². The van der Waals surface area contributed by atoms with Gasteiger partial charge in [0.15, 0.2) is 0 Å². The number of nitrogens with one attached hydrogen (secondary N) is 1. The number of halogens is 2. The molecule has 3 aromatic carbocycles. The predicted molar refractivity (Wildman–Crippen MR) is 132 cm³/mol. The standard InChI is InChI=1S/C27H23F2N3OS/c1-32(25-7-3-2-5-21(25)17-22-6-4-16-30-26(22)29)34-24-14-10-20(11-15-24)27(33)31-18-19-8-12-23(28)13-9-19/h2-16H,17-18H2,1H3,(H,31,33). The fraction of sp³-hybridized carbons (Fsp3) is 0.111. The van der Waals surface area contributed by atoms with Crippen LogP contribution in [-0.4, -0.2) is 17.9 Å². The van der Waals surface area contributed by atoms with E-state index in [1.54, 1.807) is 36.4 Å². The minimum Gasteiger partial charge on any atom is -0.348 e.